The largest absolute Gasteiger partial charge is 0.389 e. The number of carbonyl (C=O) groups excluding carboxylic acids is 1. The van der Waals surface area contributed by atoms with Crippen molar-refractivity contribution in [2.24, 2.45) is 0 Å². The van der Waals surface area contributed by atoms with E-state index in [1.54, 1.807) is 12.3 Å². The molecule has 3 heterocycles. The number of nitrogens with zero attached hydrogens (tertiary/aromatic N) is 3. The Balaban J connectivity index is 1.43. The monoisotopic (exact) mass is 494 g/mol. The molecular weight excluding hydrogens is 467 g/mol. The maximum Gasteiger partial charge on any atom is 0.243 e. The van der Waals surface area contributed by atoms with Crippen molar-refractivity contribution in [2.45, 2.75) is 55.1 Å². The first-order valence-electron chi connectivity index (χ1n) is 11.0. The standard InChI is InChI=1S/C22H27FN4O6S/c23-15-1-4-19(5-2-15)34(30,31)27-11-17(28)12-32-13-21-20(27)6-3-18(33-21)9-22(29)25-10-16-7-8-24-14-26-16/h1-2,4-5,7-8,14,17-18,20-21,28H,3,6,9-13H2,(H,25,29)/t17-,18+,20-,21+/m0/s1. The average molecular weight is 495 g/mol. The van der Waals surface area contributed by atoms with Crippen LogP contribution in [0.4, 0.5) is 4.39 Å². The van der Waals surface area contributed by atoms with Crippen LogP contribution in [0.2, 0.25) is 0 Å². The van der Waals surface area contributed by atoms with E-state index in [0.29, 0.717) is 18.5 Å². The van der Waals surface area contributed by atoms with Crippen LogP contribution >= 0.6 is 0 Å². The quantitative estimate of drug-likeness (QED) is 0.598. The topological polar surface area (TPSA) is 131 Å². The molecule has 12 heteroatoms. The van der Waals surface area contributed by atoms with Gasteiger partial charge >= 0.3 is 0 Å². The van der Waals surface area contributed by atoms with E-state index in [4.69, 9.17) is 9.47 Å². The molecule has 2 saturated heterocycles. The van der Waals surface area contributed by atoms with Crippen LogP contribution < -0.4 is 5.32 Å². The van der Waals surface area contributed by atoms with E-state index in [2.05, 4.69) is 15.3 Å². The molecule has 2 fully saturated rings. The van der Waals surface area contributed by atoms with Gasteiger partial charge in [0.2, 0.25) is 15.9 Å². The van der Waals surface area contributed by atoms with Crippen molar-refractivity contribution >= 4 is 15.9 Å². The molecule has 2 aliphatic rings. The van der Waals surface area contributed by atoms with Crippen LogP contribution in [-0.2, 0) is 30.8 Å². The summed E-state index contributed by atoms with van der Waals surface area (Å²) in [6, 6.07) is 5.69. The average Bonchev–Trinajstić information content (AvgIpc) is 2.81. The number of aliphatic hydroxyl groups excluding tert-OH is 1. The Bertz CT molecular complexity index is 1070. The highest BCUT2D eigenvalue weighted by Crippen LogP contribution is 2.31. The summed E-state index contributed by atoms with van der Waals surface area (Å²) in [6.07, 6.45) is 1.95. The lowest BCUT2D eigenvalue weighted by atomic mass is 9.96. The van der Waals surface area contributed by atoms with Crippen LogP contribution in [0.25, 0.3) is 0 Å². The highest BCUT2D eigenvalue weighted by molar-refractivity contribution is 7.89. The summed E-state index contributed by atoms with van der Waals surface area (Å²) in [7, 11) is -4.02. The summed E-state index contributed by atoms with van der Waals surface area (Å²) in [5, 5.41) is 13.1. The number of aliphatic hydroxyl groups is 1. The van der Waals surface area contributed by atoms with Gasteiger partial charge in [-0.15, -0.1) is 0 Å². The number of hydrogen-bond donors (Lipinski definition) is 2. The summed E-state index contributed by atoms with van der Waals surface area (Å²) in [4.78, 5) is 20.2. The number of hydrogen-bond acceptors (Lipinski definition) is 8. The lowest BCUT2D eigenvalue weighted by Crippen LogP contribution is -2.57. The van der Waals surface area contributed by atoms with Crippen molar-refractivity contribution in [3.8, 4) is 0 Å². The first kappa shape index (κ1) is 24.6. The van der Waals surface area contributed by atoms with Gasteiger partial charge in [0.05, 0.1) is 61.1 Å². The minimum atomic E-state index is -4.02. The number of ether oxygens (including phenoxy) is 2. The molecule has 2 N–H and O–H groups in total. The molecule has 4 rings (SSSR count). The third kappa shape index (κ3) is 5.94. The number of halogens is 1. The Morgan fingerprint density at radius 1 is 1.21 bits per heavy atom. The van der Waals surface area contributed by atoms with Gasteiger partial charge in [-0.25, -0.2) is 22.8 Å². The van der Waals surface area contributed by atoms with E-state index in [1.165, 1.54) is 22.8 Å². The molecule has 1 amide bonds. The number of nitrogens with one attached hydrogen (secondary N) is 1. The molecule has 0 unspecified atom stereocenters. The first-order valence-corrected chi connectivity index (χ1v) is 12.5. The molecule has 2 aromatic rings. The first-order chi connectivity index (χ1) is 16.3. The number of benzene rings is 1. The Labute approximate surface area is 197 Å². The number of sulfonamides is 1. The zero-order valence-corrected chi connectivity index (χ0v) is 19.2. The third-order valence-electron chi connectivity index (χ3n) is 5.88. The van der Waals surface area contributed by atoms with E-state index in [9.17, 15) is 22.7 Å². The molecule has 0 saturated carbocycles. The number of carbonyl (C=O) groups is 1. The van der Waals surface area contributed by atoms with Crippen molar-refractivity contribution in [1.29, 1.82) is 0 Å². The van der Waals surface area contributed by atoms with E-state index < -0.39 is 40.2 Å². The smallest absolute Gasteiger partial charge is 0.243 e. The summed E-state index contributed by atoms with van der Waals surface area (Å²) in [5.41, 5.74) is 0.682. The lowest BCUT2D eigenvalue weighted by molar-refractivity contribution is -0.146. The zero-order valence-electron chi connectivity index (χ0n) is 18.4. The van der Waals surface area contributed by atoms with Crippen LogP contribution in [0.5, 0.6) is 0 Å². The molecule has 184 valence electrons. The molecule has 0 bridgehead atoms. The summed E-state index contributed by atoms with van der Waals surface area (Å²) < 4.78 is 52.9. The molecule has 34 heavy (non-hydrogen) atoms. The second kappa shape index (κ2) is 10.8. The van der Waals surface area contributed by atoms with Crippen molar-refractivity contribution < 1.29 is 32.2 Å². The number of fused-ring (bicyclic) bond motifs is 1. The normalized spacial score (nSPS) is 26.2. The molecule has 10 nitrogen and oxygen atoms in total. The van der Waals surface area contributed by atoms with E-state index >= 15 is 0 Å². The second-order valence-corrected chi connectivity index (χ2v) is 10.2. The summed E-state index contributed by atoms with van der Waals surface area (Å²) in [5.74, 6) is -0.750. The third-order valence-corrected chi connectivity index (χ3v) is 7.78. The van der Waals surface area contributed by atoms with Crippen LogP contribution in [0, 0.1) is 5.82 Å². The maximum atomic E-state index is 13.4. The van der Waals surface area contributed by atoms with Crippen LogP contribution in [-0.4, -0.2) is 77.8 Å². The fourth-order valence-electron chi connectivity index (χ4n) is 4.20. The maximum absolute atomic E-state index is 13.4. The highest BCUT2D eigenvalue weighted by atomic mass is 32.2. The Morgan fingerprint density at radius 2 is 2.00 bits per heavy atom. The van der Waals surface area contributed by atoms with Gasteiger partial charge in [-0.3, -0.25) is 4.79 Å². The SMILES string of the molecule is O=C(C[C@H]1CC[C@H]2[C@@H](COC[C@@H](O)CN2S(=O)(=O)c2ccc(F)cc2)O1)NCc1ccncn1. The van der Waals surface area contributed by atoms with Crippen LogP contribution in [0.3, 0.4) is 0 Å². The molecule has 1 aromatic heterocycles. The fourth-order valence-corrected chi connectivity index (χ4v) is 5.92. The predicted molar refractivity (Wildman–Crippen MR) is 117 cm³/mol. The second-order valence-electron chi connectivity index (χ2n) is 8.34. The number of β-amino-alcohol motifs (C(OH)–C–C–N with tert-alkyl or cyclic N) is 1. The van der Waals surface area contributed by atoms with Gasteiger partial charge < -0.3 is 19.9 Å². The van der Waals surface area contributed by atoms with E-state index in [0.717, 1.165) is 12.1 Å². The Morgan fingerprint density at radius 3 is 2.74 bits per heavy atom. The molecule has 4 atom stereocenters. The number of rotatable bonds is 6. The van der Waals surface area contributed by atoms with Gasteiger partial charge in [0.25, 0.3) is 0 Å². The van der Waals surface area contributed by atoms with Gasteiger partial charge in [0, 0.05) is 12.7 Å². The molecule has 0 radical (unpaired) electrons. The number of aromatic nitrogens is 2. The van der Waals surface area contributed by atoms with E-state index in [-0.39, 0.29) is 43.5 Å². The van der Waals surface area contributed by atoms with E-state index in [1.807, 2.05) is 0 Å². The minimum absolute atomic E-state index is 0.0495. The molecular formula is C22H27FN4O6S. The Hall–Kier alpha value is -2.51. The van der Waals surface area contributed by atoms with Gasteiger partial charge in [0.15, 0.2) is 0 Å². The van der Waals surface area contributed by atoms with Gasteiger partial charge in [0.1, 0.15) is 12.1 Å². The fraction of sp³-hybridized carbons (Fsp3) is 0.500. The molecule has 0 spiro atoms. The van der Waals surface area contributed by atoms with Gasteiger partial charge in [-0.2, -0.15) is 4.31 Å². The molecule has 2 aliphatic heterocycles. The number of amides is 1. The summed E-state index contributed by atoms with van der Waals surface area (Å²) >= 11 is 0. The van der Waals surface area contributed by atoms with Crippen molar-refractivity contribution in [3.05, 3.63) is 54.4 Å². The van der Waals surface area contributed by atoms with Crippen LogP contribution in [0.1, 0.15) is 25.0 Å². The zero-order chi connectivity index (χ0) is 24.1. The van der Waals surface area contributed by atoms with Crippen LogP contribution in [0.15, 0.2) is 47.8 Å². The molecule has 0 aliphatic carbocycles. The lowest BCUT2D eigenvalue weighted by Gasteiger charge is -2.43. The Kier molecular flexibility index (Phi) is 7.84. The van der Waals surface area contributed by atoms with Crippen molar-refractivity contribution in [2.75, 3.05) is 19.8 Å². The van der Waals surface area contributed by atoms with Crippen molar-refractivity contribution in [3.63, 3.8) is 0 Å². The van der Waals surface area contributed by atoms with Crippen molar-refractivity contribution in [1.82, 2.24) is 19.6 Å². The summed E-state index contributed by atoms with van der Waals surface area (Å²) in [6.45, 7) is 0.126. The van der Waals surface area contributed by atoms with Gasteiger partial charge in [-0.1, -0.05) is 0 Å². The highest BCUT2D eigenvalue weighted by Gasteiger charge is 2.43. The van der Waals surface area contributed by atoms with Gasteiger partial charge in [-0.05, 0) is 43.2 Å². The minimum Gasteiger partial charge on any atom is -0.389 e. The predicted octanol–water partition coefficient (Wildman–Crippen LogP) is 0.620. The molecule has 1 aromatic carbocycles.